The number of aliphatic hydroxyl groups excluding tert-OH is 1. The van der Waals surface area contributed by atoms with Crippen molar-refractivity contribution in [1.82, 2.24) is 0 Å². The lowest BCUT2D eigenvalue weighted by molar-refractivity contribution is -0.161. The topological polar surface area (TPSA) is 46.5 Å². The van der Waals surface area contributed by atoms with Crippen molar-refractivity contribution >= 4 is 5.97 Å². The van der Waals surface area contributed by atoms with Gasteiger partial charge in [-0.1, -0.05) is 6.08 Å². The molecule has 0 amide bonds. The highest BCUT2D eigenvalue weighted by atomic mass is 16.6. The first-order valence-corrected chi connectivity index (χ1v) is 2.33. The highest BCUT2D eigenvalue weighted by Gasteiger charge is 2.10. The molecule has 0 radical (unpaired) electrons. The summed E-state index contributed by atoms with van der Waals surface area (Å²) >= 11 is 0. The molecule has 8 heavy (non-hydrogen) atoms. The molecule has 1 N–H and O–H groups in total. The summed E-state index contributed by atoms with van der Waals surface area (Å²) in [5.74, 6) is -0.375. The summed E-state index contributed by atoms with van der Waals surface area (Å²) in [6, 6.07) is 0. The van der Waals surface area contributed by atoms with Crippen molar-refractivity contribution < 1.29 is 14.6 Å². The number of rotatable bonds is 0. The molecule has 44 valence electrons. The van der Waals surface area contributed by atoms with Crippen LogP contribution in [0, 0.1) is 0 Å². The maximum absolute atomic E-state index is 10.2. The third-order valence-electron chi connectivity index (χ3n) is 0.837. The number of hydrogen-bond donors (Lipinski definition) is 1. The number of carbonyl (C=O) groups excluding carboxylic acids is 1. The highest BCUT2D eigenvalue weighted by Crippen LogP contribution is 2.01. The summed E-state index contributed by atoms with van der Waals surface area (Å²) in [5.41, 5.74) is 0. The first-order chi connectivity index (χ1) is 3.79. The van der Waals surface area contributed by atoms with Crippen LogP contribution >= 0.6 is 0 Å². The van der Waals surface area contributed by atoms with Gasteiger partial charge in [-0.15, -0.1) is 0 Å². The summed E-state index contributed by atoms with van der Waals surface area (Å²) < 4.78 is 4.32. The van der Waals surface area contributed by atoms with Gasteiger partial charge in [0.1, 0.15) is 0 Å². The van der Waals surface area contributed by atoms with Crippen LogP contribution in [-0.4, -0.2) is 17.4 Å². The van der Waals surface area contributed by atoms with Gasteiger partial charge in [0.05, 0.1) is 6.42 Å². The van der Waals surface area contributed by atoms with E-state index < -0.39 is 6.29 Å². The Bertz CT molecular complexity index is 128. The second kappa shape index (κ2) is 1.96. The highest BCUT2D eigenvalue weighted by molar-refractivity contribution is 5.72. The Morgan fingerprint density at radius 1 is 1.88 bits per heavy atom. The zero-order valence-corrected chi connectivity index (χ0v) is 4.20. The van der Waals surface area contributed by atoms with Crippen molar-refractivity contribution in [3.63, 3.8) is 0 Å². The zero-order chi connectivity index (χ0) is 5.98. The molecule has 3 heteroatoms. The molecule has 0 saturated carbocycles. The Morgan fingerprint density at radius 3 is 3.00 bits per heavy atom. The number of cyclic esters (lactones) is 1. The van der Waals surface area contributed by atoms with Crippen molar-refractivity contribution in [3.8, 4) is 0 Å². The fourth-order valence-corrected chi connectivity index (χ4v) is 0.503. The van der Waals surface area contributed by atoms with Crippen molar-refractivity contribution in [2.24, 2.45) is 0 Å². The van der Waals surface area contributed by atoms with Gasteiger partial charge in [-0.3, -0.25) is 4.79 Å². The lowest BCUT2D eigenvalue weighted by atomic mass is 10.3. The summed E-state index contributed by atoms with van der Waals surface area (Å²) in [6.07, 6.45) is 2.27. The van der Waals surface area contributed by atoms with Crippen LogP contribution in [0.2, 0.25) is 0 Å². The molecule has 0 aromatic heterocycles. The smallest absolute Gasteiger partial charge is 0.312 e. The van der Waals surface area contributed by atoms with E-state index in [1.807, 2.05) is 0 Å². The number of aliphatic hydroxyl groups is 1. The summed E-state index contributed by atoms with van der Waals surface area (Å²) in [7, 11) is 0. The standard InChI is InChI=1S/C5H6O3/c6-4-2-1-3-5(7)8-4/h1-2,4,6H,3H2. The normalized spacial score (nSPS) is 27.6. The van der Waals surface area contributed by atoms with Gasteiger partial charge >= 0.3 is 5.97 Å². The van der Waals surface area contributed by atoms with Crippen LogP contribution in [0.25, 0.3) is 0 Å². The quantitative estimate of drug-likeness (QED) is 0.350. The van der Waals surface area contributed by atoms with Gasteiger partial charge in [0.15, 0.2) is 0 Å². The average molecular weight is 114 g/mol. The monoisotopic (exact) mass is 114 g/mol. The maximum atomic E-state index is 10.2. The van der Waals surface area contributed by atoms with E-state index in [0.717, 1.165) is 0 Å². The van der Waals surface area contributed by atoms with E-state index >= 15 is 0 Å². The predicted octanol–water partition coefficient (Wildman–Crippen LogP) is -0.192. The molecule has 0 saturated heterocycles. The van der Waals surface area contributed by atoms with Gasteiger partial charge in [-0.2, -0.15) is 0 Å². The van der Waals surface area contributed by atoms with E-state index in [9.17, 15) is 4.79 Å². The molecule has 1 aliphatic rings. The largest absolute Gasteiger partial charge is 0.432 e. The fraction of sp³-hybridized carbons (Fsp3) is 0.400. The Balaban J connectivity index is 2.54. The molecule has 0 bridgehead atoms. The zero-order valence-electron chi connectivity index (χ0n) is 4.20. The first-order valence-electron chi connectivity index (χ1n) is 2.33. The van der Waals surface area contributed by atoms with E-state index in [1.165, 1.54) is 6.08 Å². The van der Waals surface area contributed by atoms with E-state index in [2.05, 4.69) is 4.74 Å². The Hall–Kier alpha value is -0.830. The van der Waals surface area contributed by atoms with E-state index in [-0.39, 0.29) is 12.4 Å². The number of esters is 1. The molecule has 0 aromatic rings. The Labute approximate surface area is 46.6 Å². The third kappa shape index (κ3) is 1.07. The molecule has 1 unspecified atom stereocenters. The first kappa shape index (κ1) is 5.31. The van der Waals surface area contributed by atoms with Crippen molar-refractivity contribution in [2.45, 2.75) is 12.7 Å². The SMILES string of the molecule is O=C1CC=CC(O)O1. The van der Waals surface area contributed by atoms with Crippen LogP contribution in [0.3, 0.4) is 0 Å². The average Bonchev–Trinajstić information content (AvgIpc) is 1.64. The van der Waals surface area contributed by atoms with Gasteiger partial charge in [0.2, 0.25) is 6.29 Å². The van der Waals surface area contributed by atoms with E-state index in [4.69, 9.17) is 5.11 Å². The molecule has 1 atom stereocenters. The van der Waals surface area contributed by atoms with Crippen LogP contribution in [0.4, 0.5) is 0 Å². The van der Waals surface area contributed by atoms with Crippen molar-refractivity contribution in [3.05, 3.63) is 12.2 Å². The Kier molecular flexibility index (Phi) is 1.30. The van der Waals surface area contributed by atoms with Gasteiger partial charge in [0.25, 0.3) is 0 Å². The lowest BCUT2D eigenvalue weighted by Crippen LogP contribution is -2.17. The van der Waals surface area contributed by atoms with Gasteiger partial charge < -0.3 is 9.84 Å². The molecule has 0 aliphatic carbocycles. The molecule has 1 heterocycles. The van der Waals surface area contributed by atoms with E-state index in [0.29, 0.717) is 0 Å². The number of ether oxygens (including phenoxy) is 1. The van der Waals surface area contributed by atoms with Crippen LogP contribution < -0.4 is 0 Å². The van der Waals surface area contributed by atoms with Gasteiger partial charge in [-0.05, 0) is 6.08 Å². The van der Waals surface area contributed by atoms with Crippen LogP contribution in [-0.2, 0) is 9.53 Å². The molecule has 0 aromatic carbocycles. The second-order valence-electron chi connectivity index (χ2n) is 1.51. The van der Waals surface area contributed by atoms with Crippen LogP contribution in [0.5, 0.6) is 0 Å². The summed E-state index contributed by atoms with van der Waals surface area (Å²) in [4.78, 5) is 10.2. The van der Waals surface area contributed by atoms with Crippen LogP contribution in [0.1, 0.15) is 6.42 Å². The molecule has 3 nitrogen and oxygen atoms in total. The fourth-order valence-electron chi connectivity index (χ4n) is 0.503. The van der Waals surface area contributed by atoms with Crippen molar-refractivity contribution in [1.29, 1.82) is 0 Å². The lowest BCUT2D eigenvalue weighted by Gasteiger charge is -2.09. The number of hydrogen-bond acceptors (Lipinski definition) is 3. The van der Waals surface area contributed by atoms with Crippen LogP contribution in [0.15, 0.2) is 12.2 Å². The summed E-state index contributed by atoms with van der Waals surface area (Å²) in [5, 5.41) is 8.55. The maximum Gasteiger partial charge on any atom is 0.312 e. The minimum Gasteiger partial charge on any atom is -0.432 e. The van der Waals surface area contributed by atoms with E-state index in [1.54, 1.807) is 6.08 Å². The third-order valence-corrected chi connectivity index (χ3v) is 0.837. The minimum absolute atomic E-state index is 0.275. The predicted molar refractivity (Wildman–Crippen MR) is 25.9 cm³/mol. The van der Waals surface area contributed by atoms with Gasteiger partial charge in [0, 0.05) is 0 Å². The molecule has 1 rings (SSSR count). The van der Waals surface area contributed by atoms with Crippen molar-refractivity contribution in [2.75, 3.05) is 0 Å². The molecule has 1 aliphatic heterocycles. The summed E-state index contributed by atoms with van der Waals surface area (Å²) in [6.45, 7) is 0. The molecule has 0 fully saturated rings. The Morgan fingerprint density at radius 2 is 2.62 bits per heavy atom. The molecular weight excluding hydrogens is 108 g/mol. The molecular formula is C5H6O3. The number of carbonyl (C=O) groups is 1. The second-order valence-corrected chi connectivity index (χ2v) is 1.51. The minimum atomic E-state index is -1.02. The molecule has 0 spiro atoms. The van der Waals surface area contributed by atoms with Gasteiger partial charge in [-0.25, -0.2) is 0 Å².